The number of carbonyl (C=O) groups excluding carboxylic acids is 1. The van der Waals surface area contributed by atoms with Crippen molar-refractivity contribution in [3.8, 4) is 0 Å². The molecule has 0 aromatic heterocycles. The fourth-order valence-corrected chi connectivity index (χ4v) is 1.05. The quantitative estimate of drug-likeness (QED) is 0.479. The first-order valence-electron chi connectivity index (χ1n) is 4.84. The van der Waals surface area contributed by atoms with Crippen molar-refractivity contribution in [3.05, 3.63) is 0 Å². The van der Waals surface area contributed by atoms with E-state index in [2.05, 4.69) is 10.6 Å². The molecule has 0 spiro atoms. The first kappa shape index (κ1) is 12.4. The third kappa shape index (κ3) is 6.54. The second-order valence-corrected chi connectivity index (χ2v) is 3.25. The normalized spacial score (nSPS) is 12.5. The van der Waals surface area contributed by atoms with E-state index in [1.54, 1.807) is 0 Å². The zero-order valence-electron chi connectivity index (χ0n) is 8.60. The van der Waals surface area contributed by atoms with E-state index in [0.717, 1.165) is 25.9 Å². The van der Waals surface area contributed by atoms with Crippen molar-refractivity contribution in [2.24, 2.45) is 11.7 Å². The van der Waals surface area contributed by atoms with Crippen LogP contribution in [0.15, 0.2) is 0 Å². The highest BCUT2D eigenvalue weighted by molar-refractivity contribution is 5.78. The third-order valence-corrected chi connectivity index (χ3v) is 1.89. The van der Waals surface area contributed by atoms with Crippen molar-refractivity contribution in [2.75, 3.05) is 26.7 Å². The minimum atomic E-state index is 0.0443. The Morgan fingerprint density at radius 3 is 2.69 bits per heavy atom. The lowest BCUT2D eigenvalue weighted by atomic mass is 10.1. The summed E-state index contributed by atoms with van der Waals surface area (Å²) >= 11 is 0. The molecule has 0 aromatic carbocycles. The molecule has 0 aromatic rings. The molecule has 4 heteroatoms. The molecule has 0 fully saturated rings. The van der Waals surface area contributed by atoms with Crippen LogP contribution in [0.4, 0.5) is 0 Å². The molecular weight excluding hydrogens is 166 g/mol. The van der Waals surface area contributed by atoms with Gasteiger partial charge in [0, 0.05) is 19.0 Å². The Kier molecular flexibility index (Phi) is 7.63. The van der Waals surface area contributed by atoms with Crippen LogP contribution in [-0.4, -0.2) is 32.6 Å². The van der Waals surface area contributed by atoms with Gasteiger partial charge >= 0.3 is 0 Å². The fraction of sp³-hybridized carbons (Fsp3) is 0.889. The second-order valence-electron chi connectivity index (χ2n) is 3.25. The number of rotatable bonds is 7. The van der Waals surface area contributed by atoms with Crippen LogP contribution in [0.25, 0.3) is 0 Å². The van der Waals surface area contributed by atoms with Gasteiger partial charge in [0.25, 0.3) is 0 Å². The molecular formula is C9H21N3O. The summed E-state index contributed by atoms with van der Waals surface area (Å²) in [5.74, 6) is 0.161. The fourth-order valence-electron chi connectivity index (χ4n) is 1.05. The highest BCUT2D eigenvalue weighted by atomic mass is 16.1. The summed E-state index contributed by atoms with van der Waals surface area (Å²) in [6.07, 6.45) is 1.94. The summed E-state index contributed by atoms with van der Waals surface area (Å²) < 4.78 is 0. The highest BCUT2D eigenvalue weighted by Crippen LogP contribution is 1.92. The highest BCUT2D eigenvalue weighted by Gasteiger charge is 2.09. The molecule has 0 saturated heterocycles. The topological polar surface area (TPSA) is 67.2 Å². The molecule has 0 aliphatic rings. The van der Waals surface area contributed by atoms with Crippen LogP contribution in [0.3, 0.4) is 0 Å². The van der Waals surface area contributed by atoms with E-state index in [9.17, 15) is 4.79 Å². The van der Waals surface area contributed by atoms with Crippen molar-refractivity contribution in [1.82, 2.24) is 10.6 Å². The maximum Gasteiger partial charge on any atom is 0.224 e. The number of carbonyl (C=O) groups is 1. The Morgan fingerprint density at radius 2 is 2.15 bits per heavy atom. The third-order valence-electron chi connectivity index (χ3n) is 1.89. The van der Waals surface area contributed by atoms with E-state index in [-0.39, 0.29) is 11.8 Å². The van der Waals surface area contributed by atoms with Crippen molar-refractivity contribution in [3.63, 3.8) is 0 Å². The van der Waals surface area contributed by atoms with Gasteiger partial charge in [-0.15, -0.1) is 0 Å². The summed E-state index contributed by atoms with van der Waals surface area (Å²) in [5, 5.41) is 5.84. The molecule has 4 nitrogen and oxygen atoms in total. The van der Waals surface area contributed by atoms with Gasteiger partial charge in [-0.25, -0.2) is 0 Å². The zero-order chi connectivity index (χ0) is 10.1. The molecule has 78 valence electrons. The number of unbranched alkanes of at least 4 members (excludes halogenated alkanes) is 1. The predicted molar refractivity (Wildman–Crippen MR) is 54.4 cm³/mol. The van der Waals surface area contributed by atoms with Crippen molar-refractivity contribution < 1.29 is 4.79 Å². The first-order chi connectivity index (χ1) is 6.22. The monoisotopic (exact) mass is 187 g/mol. The number of nitrogens with two attached hydrogens (primary N) is 1. The van der Waals surface area contributed by atoms with Crippen LogP contribution in [0, 0.1) is 5.92 Å². The van der Waals surface area contributed by atoms with E-state index in [0.29, 0.717) is 6.54 Å². The van der Waals surface area contributed by atoms with Crippen LogP contribution < -0.4 is 16.4 Å². The van der Waals surface area contributed by atoms with Gasteiger partial charge in [-0.3, -0.25) is 4.79 Å². The molecule has 4 N–H and O–H groups in total. The largest absolute Gasteiger partial charge is 0.356 e. The second kappa shape index (κ2) is 8.01. The zero-order valence-corrected chi connectivity index (χ0v) is 8.60. The Labute approximate surface area is 80.3 Å². The Bertz CT molecular complexity index is 139. The van der Waals surface area contributed by atoms with E-state index >= 15 is 0 Å². The van der Waals surface area contributed by atoms with Gasteiger partial charge < -0.3 is 16.4 Å². The maximum absolute atomic E-state index is 11.3. The van der Waals surface area contributed by atoms with Crippen molar-refractivity contribution >= 4 is 5.91 Å². The van der Waals surface area contributed by atoms with Gasteiger partial charge in [-0.1, -0.05) is 6.92 Å². The van der Waals surface area contributed by atoms with Crippen LogP contribution in [0.2, 0.25) is 0 Å². The number of amides is 1. The summed E-state index contributed by atoms with van der Waals surface area (Å²) in [5.41, 5.74) is 5.33. The lowest BCUT2D eigenvalue weighted by Gasteiger charge is -2.10. The minimum absolute atomic E-state index is 0.0443. The van der Waals surface area contributed by atoms with E-state index in [4.69, 9.17) is 5.73 Å². The van der Waals surface area contributed by atoms with E-state index in [1.165, 1.54) is 0 Å². The minimum Gasteiger partial charge on any atom is -0.356 e. The van der Waals surface area contributed by atoms with Crippen LogP contribution in [-0.2, 0) is 4.79 Å². The Morgan fingerprint density at radius 1 is 1.46 bits per heavy atom. The molecule has 0 saturated carbocycles. The predicted octanol–water partition coefficient (Wildman–Crippen LogP) is -0.303. The molecule has 0 rings (SSSR count). The van der Waals surface area contributed by atoms with Crippen molar-refractivity contribution in [2.45, 2.75) is 19.8 Å². The molecule has 13 heavy (non-hydrogen) atoms. The molecule has 1 amide bonds. The van der Waals surface area contributed by atoms with Gasteiger partial charge in [0.2, 0.25) is 5.91 Å². The molecule has 0 bridgehead atoms. The maximum atomic E-state index is 11.3. The number of nitrogens with one attached hydrogen (secondary N) is 2. The SMILES string of the molecule is CNCC(C)C(=O)NCCCCN. The summed E-state index contributed by atoms with van der Waals surface area (Å²) in [6.45, 7) is 4.07. The van der Waals surface area contributed by atoms with Gasteiger partial charge in [0.15, 0.2) is 0 Å². The van der Waals surface area contributed by atoms with Gasteiger partial charge in [0.1, 0.15) is 0 Å². The summed E-state index contributed by atoms with van der Waals surface area (Å²) in [6, 6.07) is 0. The smallest absolute Gasteiger partial charge is 0.224 e. The summed E-state index contributed by atoms with van der Waals surface area (Å²) in [4.78, 5) is 11.3. The molecule has 0 aliphatic heterocycles. The number of hydrogen-bond acceptors (Lipinski definition) is 3. The average Bonchev–Trinajstić information content (AvgIpc) is 2.12. The lowest BCUT2D eigenvalue weighted by molar-refractivity contribution is -0.124. The van der Waals surface area contributed by atoms with Crippen LogP contribution in [0.1, 0.15) is 19.8 Å². The molecule has 0 heterocycles. The molecule has 1 atom stereocenters. The molecule has 0 radical (unpaired) electrons. The average molecular weight is 187 g/mol. The van der Waals surface area contributed by atoms with Gasteiger partial charge in [-0.2, -0.15) is 0 Å². The van der Waals surface area contributed by atoms with E-state index < -0.39 is 0 Å². The Hall–Kier alpha value is -0.610. The van der Waals surface area contributed by atoms with Crippen LogP contribution >= 0.6 is 0 Å². The standard InChI is InChI=1S/C9H21N3O/c1-8(7-11-2)9(13)12-6-4-3-5-10/h8,11H,3-7,10H2,1-2H3,(H,12,13). The van der Waals surface area contributed by atoms with Gasteiger partial charge in [-0.05, 0) is 26.4 Å². The number of hydrogen-bond donors (Lipinski definition) is 3. The summed E-state index contributed by atoms with van der Waals surface area (Å²) in [7, 11) is 1.85. The molecule has 1 unspecified atom stereocenters. The first-order valence-corrected chi connectivity index (χ1v) is 4.84. The lowest BCUT2D eigenvalue weighted by Crippen LogP contribution is -2.34. The van der Waals surface area contributed by atoms with E-state index in [1.807, 2.05) is 14.0 Å². The van der Waals surface area contributed by atoms with Crippen LogP contribution in [0.5, 0.6) is 0 Å². The van der Waals surface area contributed by atoms with Gasteiger partial charge in [0.05, 0.1) is 0 Å². The molecule has 0 aliphatic carbocycles. The van der Waals surface area contributed by atoms with Crippen molar-refractivity contribution in [1.29, 1.82) is 0 Å². The Balaban J connectivity index is 3.38.